The van der Waals surface area contributed by atoms with Crippen LogP contribution >= 0.6 is 11.6 Å². The largest absolute Gasteiger partial charge is 0.492 e. The molecule has 0 fully saturated rings. The topological polar surface area (TPSA) is 84.9 Å². The highest BCUT2D eigenvalue weighted by atomic mass is 35.5. The molecule has 0 atom stereocenters. The van der Waals surface area contributed by atoms with E-state index in [2.05, 4.69) is 5.32 Å². The highest BCUT2D eigenvalue weighted by molar-refractivity contribution is 7.92. The lowest BCUT2D eigenvalue weighted by molar-refractivity contribution is -0.119. The average Bonchev–Trinajstić information content (AvgIpc) is 2.96. The standard InChI is InChI=1S/C30H28ClFN2O5S/c1-2-38-29-6-4-3-5-28(29)34(40(36,37)27-17-11-24(31)12-18-27)20-30(35)33-19-22-9-15-26(16-10-22)39-21-23-7-13-25(32)14-8-23/h3-18H,2,19-21H2,1H3,(H,33,35). The number of carbonyl (C=O) groups excluding carboxylic acids is 1. The minimum atomic E-state index is -4.13. The van der Waals surface area contributed by atoms with E-state index in [-0.39, 0.29) is 29.6 Å². The number of nitrogens with one attached hydrogen (secondary N) is 1. The number of sulfonamides is 1. The Bertz CT molecular complexity index is 1530. The minimum Gasteiger partial charge on any atom is -0.492 e. The monoisotopic (exact) mass is 582 g/mol. The molecular formula is C30H28ClFN2O5S. The summed E-state index contributed by atoms with van der Waals surface area (Å²) >= 11 is 5.96. The molecule has 7 nitrogen and oxygen atoms in total. The van der Waals surface area contributed by atoms with E-state index in [1.54, 1.807) is 67.6 Å². The summed E-state index contributed by atoms with van der Waals surface area (Å²) < 4.78 is 52.8. The van der Waals surface area contributed by atoms with E-state index >= 15 is 0 Å². The average molecular weight is 583 g/mol. The molecule has 4 aromatic rings. The van der Waals surface area contributed by atoms with Gasteiger partial charge in [0.15, 0.2) is 0 Å². The van der Waals surface area contributed by atoms with Crippen LogP contribution in [-0.2, 0) is 28.0 Å². The third kappa shape index (κ3) is 7.52. The van der Waals surface area contributed by atoms with Gasteiger partial charge >= 0.3 is 0 Å². The summed E-state index contributed by atoms with van der Waals surface area (Å²) in [6.07, 6.45) is 0. The van der Waals surface area contributed by atoms with Crippen molar-refractivity contribution in [2.45, 2.75) is 25.0 Å². The normalized spacial score (nSPS) is 11.1. The second-order valence-corrected chi connectivity index (χ2v) is 11.0. The highest BCUT2D eigenvalue weighted by Crippen LogP contribution is 2.32. The van der Waals surface area contributed by atoms with Crippen LogP contribution in [-0.4, -0.2) is 27.5 Å². The van der Waals surface area contributed by atoms with Gasteiger partial charge in [-0.2, -0.15) is 0 Å². The van der Waals surface area contributed by atoms with E-state index in [9.17, 15) is 17.6 Å². The summed E-state index contributed by atoms with van der Waals surface area (Å²) in [5, 5.41) is 3.18. The lowest BCUT2D eigenvalue weighted by atomic mass is 10.2. The van der Waals surface area contributed by atoms with Crippen molar-refractivity contribution in [3.8, 4) is 11.5 Å². The van der Waals surface area contributed by atoms with Crippen LogP contribution in [0.4, 0.5) is 10.1 Å². The molecule has 0 aliphatic rings. The quantitative estimate of drug-likeness (QED) is 0.222. The predicted molar refractivity (Wildman–Crippen MR) is 153 cm³/mol. The van der Waals surface area contributed by atoms with Gasteiger partial charge in [0.05, 0.1) is 17.2 Å². The smallest absolute Gasteiger partial charge is 0.264 e. The lowest BCUT2D eigenvalue weighted by Crippen LogP contribution is -2.40. The van der Waals surface area contributed by atoms with E-state index in [1.165, 1.54) is 36.4 Å². The molecule has 0 spiro atoms. The van der Waals surface area contributed by atoms with Crippen molar-refractivity contribution in [1.82, 2.24) is 5.32 Å². The van der Waals surface area contributed by atoms with Crippen molar-refractivity contribution < 1.29 is 27.1 Å². The Morgan fingerprint density at radius 2 is 1.52 bits per heavy atom. The van der Waals surface area contributed by atoms with Crippen molar-refractivity contribution in [2.24, 2.45) is 0 Å². The minimum absolute atomic E-state index is 0.00720. The van der Waals surface area contributed by atoms with E-state index in [0.717, 1.165) is 15.4 Å². The van der Waals surface area contributed by atoms with Crippen LogP contribution in [0.15, 0.2) is 102 Å². The summed E-state index contributed by atoms with van der Waals surface area (Å²) in [5.74, 6) is 0.151. The zero-order chi connectivity index (χ0) is 28.5. The highest BCUT2D eigenvalue weighted by Gasteiger charge is 2.29. The maximum atomic E-state index is 13.6. The number of amides is 1. The van der Waals surface area contributed by atoms with Gasteiger partial charge in [0.2, 0.25) is 5.91 Å². The van der Waals surface area contributed by atoms with E-state index in [1.807, 2.05) is 0 Å². The number of anilines is 1. The zero-order valence-electron chi connectivity index (χ0n) is 21.7. The first-order valence-electron chi connectivity index (χ1n) is 12.5. The van der Waals surface area contributed by atoms with Gasteiger partial charge in [0, 0.05) is 11.6 Å². The molecule has 1 amide bonds. The van der Waals surface area contributed by atoms with E-state index in [0.29, 0.717) is 23.1 Å². The van der Waals surface area contributed by atoms with E-state index < -0.39 is 22.5 Å². The molecule has 1 N–H and O–H groups in total. The van der Waals surface area contributed by atoms with Gasteiger partial charge in [-0.15, -0.1) is 0 Å². The predicted octanol–water partition coefficient (Wildman–Crippen LogP) is 5.97. The third-order valence-corrected chi connectivity index (χ3v) is 7.88. The van der Waals surface area contributed by atoms with Crippen LogP contribution in [0, 0.1) is 5.82 Å². The Hall–Kier alpha value is -4.08. The molecule has 10 heteroatoms. The number of benzene rings is 4. The zero-order valence-corrected chi connectivity index (χ0v) is 23.3. The van der Waals surface area contributed by atoms with Crippen molar-refractivity contribution in [1.29, 1.82) is 0 Å². The molecule has 0 radical (unpaired) electrons. The number of rotatable bonds is 12. The molecule has 4 rings (SSSR count). The number of carbonyl (C=O) groups is 1. The molecule has 0 unspecified atom stereocenters. The third-order valence-electron chi connectivity index (χ3n) is 5.85. The van der Waals surface area contributed by atoms with Crippen molar-refractivity contribution in [3.05, 3.63) is 119 Å². The van der Waals surface area contributed by atoms with Crippen molar-refractivity contribution >= 4 is 33.2 Å². The van der Waals surface area contributed by atoms with Crippen LogP contribution in [0.2, 0.25) is 5.02 Å². The number of halogens is 2. The molecule has 0 aliphatic carbocycles. The second-order valence-electron chi connectivity index (χ2n) is 8.70. The van der Waals surface area contributed by atoms with Gasteiger partial charge in [-0.1, -0.05) is 48.0 Å². The number of ether oxygens (including phenoxy) is 2. The van der Waals surface area contributed by atoms with Gasteiger partial charge in [-0.05, 0) is 78.7 Å². The SMILES string of the molecule is CCOc1ccccc1N(CC(=O)NCc1ccc(OCc2ccc(F)cc2)cc1)S(=O)(=O)c1ccc(Cl)cc1. The summed E-state index contributed by atoms with van der Waals surface area (Å²) in [6, 6.07) is 25.6. The van der Waals surface area contributed by atoms with Crippen molar-refractivity contribution in [2.75, 3.05) is 17.5 Å². The first-order chi connectivity index (χ1) is 19.3. The van der Waals surface area contributed by atoms with Gasteiger partial charge in [0.25, 0.3) is 10.0 Å². The van der Waals surface area contributed by atoms with Crippen LogP contribution in [0.25, 0.3) is 0 Å². The fourth-order valence-corrected chi connectivity index (χ4v) is 5.37. The van der Waals surface area contributed by atoms with Gasteiger partial charge in [-0.3, -0.25) is 9.10 Å². The Morgan fingerprint density at radius 3 is 2.20 bits per heavy atom. The molecule has 0 aliphatic heterocycles. The first-order valence-corrected chi connectivity index (χ1v) is 14.3. The number of hydrogen-bond acceptors (Lipinski definition) is 5. The maximum Gasteiger partial charge on any atom is 0.264 e. The molecule has 4 aromatic carbocycles. The summed E-state index contributed by atoms with van der Waals surface area (Å²) in [4.78, 5) is 13.0. The number of nitrogens with zero attached hydrogens (tertiary/aromatic N) is 1. The summed E-state index contributed by atoms with van der Waals surface area (Å²) in [6.45, 7) is 2.12. The molecule has 0 saturated heterocycles. The van der Waals surface area contributed by atoms with Crippen molar-refractivity contribution in [3.63, 3.8) is 0 Å². The van der Waals surface area contributed by atoms with Gasteiger partial charge < -0.3 is 14.8 Å². The molecule has 0 heterocycles. The van der Waals surface area contributed by atoms with E-state index in [4.69, 9.17) is 21.1 Å². The summed E-state index contributed by atoms with van der Waals surface area (Å²) in [5.41, 5.74) is 1.88. The van der Waals surface area contributed by atoms with Crippen LogP contribution in [0.5, 0.6) is 11.5 Å². The van der Waals surface area contributed by atoms with Crippen LogP contribution in [0.3, 0.4) is 0 Å². The first kappa shape index (κ1) is 28.9. The molecule has 40 heavy (non-hydrogen) atoms. The lowest BCUT2D eigenvalue weighted by Gasteiger charge is -2.26. The van der Waals surface area contributed by atoms with Gasteiger partial charge in [-0.25, -0.2) is 12.8 Å². The number of para-hydroxylation sites is 2. The Balaban J connectivity index is 1.45. The molecular weight excluding hydrogens is 555 g/mol. The maximum absolute atomic E-state index is 13.6. The Kier molecular flexibility index (Phi) is 9.63. The Morgan fingerprint density at radius 1 is 0.875 bits per heavy atom. The van der Waals surface area contributed by atoms with Gasteiger partial charge in [0.1, 0.15) is 30.5 Å². The Labute approximate surface area is 238 Å². The van der Waals surface area contributed by atoms with Crippen LogP contribution in [0.1, 0.15) is 18.1 Å². The molecule has 0 saturated carbocycles. The fourth-order valence-electron chi connectivity index (χ4n) is 3.81. The molecule has 0 bridgehead atoms. The second kappa shape index (κ2) is 13.3. The molecule has 0 aromatic heterocycles. The summed E-state index contributed by atoms with van der Waals surface area (Å²) in [7, 11) is -4.13. The number of hydrogen-bond donors (Lipinski definition) is 1. The van der Waals surface area contributed by atoms with Crippen LogP contribution < -0.4 is 19.1 Å². The molecule has 208 valence electrons. The fraction of sp³-hybridized carbons (Fsp3) is 0.167.